The van der Waals surface area contributed by atoms with Crippen molar-refractivity contribution in [3.8, 4) is 11.5 Å². The van der Waals surface area contributed by atoms with Crippen LogP contribution in [0.4, 0.5) is 10.5 Å². The van der Waals surface area contributed by atoms with Gasteiger partial charge in [0.2, 0.25) is 10.0 Å². The van der Waals surface area contributed by atoms with Crippen LogP contribution in [0.5, 0.6) is 11.5 Å². The Kier molecular flexibility index (Phi) is 7.46. The third-order valence-electron chi connectivity index (χ3n) is 4.57. The van der Waals surface area contributed by atoms with Gasteiger partial charge in [0, 0.05) is 0 Å². The van der Waals surface area contributed by atoms with Gasteiger partial charge in [-0.1, -0.05) is 47.5 Å². The quantitative estimate of drug-likeness (QED) is 0.443. The Morgan fingerprint density at radius 3 is 1.82 bits per heavy atom. The van der Waals surface area contributed by atoms with Crippen molar-refractivity contribution in [1.29, 1.82) is 0 Å². The van der Waals surface area contributed by atoms with Gasteiger partial charge in [-0.3, -0.25) is 0 Å². The first-order valence-electron chi connectivity index (χ1n) is 10.1. The molecule has 2 N–H and O–H groups in total. The minimum atomic E-state index is -4.09. The molecule has 0 bridgehead atoms. The number of rotatable bonds is 8. The van der Waals surface area contributed by atoms with Crippen LogP contribution in [0.25, 0.3) is 0 Å². The molecule has 8 nitrogen and oxygen atoms in total. The molecule has 0 saturated carbocycles. The predicted octanol–water partition coefficient (Wildman–Crippen LogP) is 4.75. The second-order valence-electron chi connectivity index (χ2n) is 7.28. The van der Waals surface area contributed by atoms with Gasteiger partial charge in [-0.05, 0) is 57.2 Å². The monoisotopic (exact) mass is 488 g/mol. The maximum absolute atomic E-state index is 14.1. The number of anilines is 1. The summed E-state index contributed by atoms with van der Waals surface area (Å²) in [6, 6.07) is 19.1. The molecule has 0 unspecified atom stereocenters. The summed E-state index contributed by atoms with van der Waals surface area (Å²) in [6.45, 7) is 5.23. The van der Waals surface area contributed by atoms with Crippen LogP contribution >= 0.6 is 7.60 Å². The van der Waals surface area contributed by atoms with Gasteiger partial charge in [-0.25, -0.2) is 22.5 Å². The second kappa shape index (κ2) is 10.1. The number of carbonyl (C=O) groups is 1. The third-order valence-corrected chi connectivity index (χ3v) is 7.71. The highest BCUT2D eigenvalue weighted by atomic mass is 32.2. The normalized spacial score (nSPS) is 11.5. The molecular formula is C23H25N2O6PS. The van der Waals surface area contributed by atoms with Gasteiger partial charge in [0.05, 0.1) is 11.4 Å². The van der Waals surface area contributed by atoms with Gasteiger partial charge < -0.3 is 14.4 Å². The van der Waals surface area contributed by atoms with Gasteiger partial charge in [-0.2, -0.15) is 0 Å². The molecule has 3 aromatic carbocycles. The molecule has 0 atom stereocenters. The summed E-state index contributed by atoms with van der Waals surface area (Å²) in [4.78, 5) is 12.3. The average Bonchev–Trinajstić information content (AvgIpc) is 2.77. The number of para-hydroxylation sites is 1. The van der Waals surface area contributed by atoms with E-state index in [1.807, 2.05) is 18.6 Å². The largest absolute Gasteiger partial charge is 0.464 e. The van der Waals surface area contributed by atoms with E-state index in [0.717, 1.165) is 11.1 Å². The van der Waals surface area contributed by atoms with Crippen LogP contribution in [0.3, 0.4) is 0 Å². The van der Waals surface area contributed by atoms with Crippen LogP contribution in [0.2, 0.25) is 0 Å². The number of hydrogen-bond acceptors (Lipinski definition) is 6. The van der Waals surface area contributed by atoms with E-state index in [2.05, 4.69) is 5.32 Å². The summed E-state index contributed by atoms with van der Waals surface area (Å²) in [6.07, 6.45) is 0. The zero-order valence-electron chi connectivity index (χ0n) is 18.4. The number of amides is 2. The Balaban J connectivity index is 2.01. The lowest BCUT2D eigenvalue weighted by Crippen LogP contribution is -2.36. The number of urea groups is 1. The van der Waals surface area contributed by atoms with Gasteiger partial charge in [0.15, 0.2) is 0 Å². The molecule has 0 fully saturated rings. The first-order valence-corrected chi connectivity index (χ1v) is 13.3. The van der Waals surface area contributed by atoms with Crippen molar-refractivity contribution in [3.63, 3.8) is 0 Å². The number of carbonyl (C=O) groups excluding carboxylic acids is 1. The smallest absolute Gasteiger partial charge is 0.413 e. The summed E-state index contributed by atoms with van der Waals surface area (Å²) < 4.78 is 51.2. The molecule has 10 heteroatoms. The summed E-state index contributed by atoms with van der Waals surface area (Å²) in [5.74, 6) is 0.348. The van der Waals surface area contributed by atoms with Crippen LogP contribution in [-0.4, -0.2) is 20.2 Å². The first kappa shape index (κ1) is 24.4. The number of sulfonamides is 1. The lowest BCUT2D eigenvalue weighted by Gasteiger charge is -2.22. The standard InChI is InChI=1S/C23H25N2O6PS/c1-4-33(28,29)25-23(26)24-21-7-5-6-8-22(21)32(27,30-19-13-9-17(2)10-14-19)31-20-15-11-18(3)12-16-20/h5-16H,4H2,1-3H3,(H2,24,25,26). The molecule has 3 aromatic rings. The second-order valence-corrected chi connectivity index (χ2v) is 11.1. The Bertz CT molecular complexity index is 1220. The topological polar surface area (TPSA) is 111 Å². The van der Waals surface area contributed by atoms with Crippen LogP contribution in [-0.2, 0) is 14.6 Å². The van der Waals surface area contributed by atoms with Crippen LogP contribution in [0.15, 0.2) is 72.8 Å². The highest BCUT2D eigenvalue weighted by Crippen LogP contribution is 2.49. The minimum absolute atomic E-state index is 0.0650. The molecule has 3 rings (SSSR count). The molecule has 0 saturated heterocycles. The van der Waals surface area contributed by atoms with Crippen molar-refractivity contribution in [3.05, 3.63) is 83.9 Å². The molecule has 0 radical (unpaired) electrons. The summed E-state index contributed by atoms with van der Waals surface area (Å²) >= 11 is 0. The van der Waals surface area contributed by atoms with Crippen LogP contribution < -0.4 is 24.4 Å². The number of aryl methyl sites for hydroxylation is 2. The fourth-order valence-electron chi connectivity index (χ4n) is 2.77. The number of benzene rings is 3. The van der Waals surface area contributed by atoms with E-state index < -0.39 is 23.7 Å². The Morgan fingerprint density at radius 2 is 1.33 bits per heavy atom. The zero-order valence-corrected chi connectivity index (χ0v) is 20.2. The molecule has 0 aromatic heterocycles. The van der Waals surface area contributed by atoms with Gasteiger partial charge in [0.25, 0.3) is 0 Å². The van der Waals surface area contributed by atoms with Crippen molar-refractivity contribution in [2.75, 3.05) is 11.1 Å². The fourth-order valence-corrected chi connectivity index (χ4v) is 4.98. The lowest BCUT2D eigenvalue weighted by molar-refractivity contribution is 0.256. The van der Waals surface area contributed by atoms with Crippen molar-refractivity contribution < 1.29 is 26.8 Å². The third kappa shape index (κ3) is 6.60. The summed E-state index contributed by atoms with van der Waals surface area (Å²) in [7, 11) is -7.88. The number of hydrogen-bond donors (Lipinski definition) is 2. The molecule has 33 heavy (non-hydrogen) atoms. The van der Waals surface area contributed by atoms with Crippen molar-refractivity contribution in [2.24, 2.45) is 0 Å². The minimum Gasteiger partial charge on any atom is -0.413 e. The Morgan fingerprint density at radius 1 is 0.848 bits per heavy atom. The fraction of sp³-hybridized carbons (Fsp3) is 0.174. The summed E-state index contributed by atoms with van der Waals surface area (Å²) in [5.41, 5.74) is 2.07. The molecule has 0 spiro atoms. The molecule has 2 amide bonds. The first-order chi connectivity index (χ1) is 15.6. The predicted molar refractivity (Wildman–Crippen MR) is 129 cm³/mol. The van der Waals surface area contributed by atoms with Crippen LogP contribution in [0, 0.1) is 13.8 Å². The van der Waals surface area contributed by atoms with Gasteiger partial charge in [-0.15, -0.1) is 0 Å². The van der Waals surface area contributed by atoms with Gasteiger partial charge in [0.1, 0.15) is 16.8 Å². The molecule has 0 heterocycles. The molecule has 0 aliphatic carbocycles. The van der Waals surface area contributed by atoms with Gasteiger partial charge >= 0.3 is 13.6 Å². The molecular weight excluding hydrogens is 463 g/mol. The highest BCUT2D eigenvalue weighted by Gasteiger charge is 2.34. The molecule has 0 aliphatic heterocycles. The van der Waals surface area contributed by atoms with Crippen molar-refractivity contribution in [2.45, 2.75) is 20.8 Å². The zero-order chi connectivity index (χ0) is 24.1. The highest BCUT2D eigenvalue weighted by molar-refractivity contribution is 7.90. The van der Waals surface area contributed by atoms with E-state index in [1.54, 1.807) is 60.7 Å². The maximum Gasteiger partial charge on any atom is 0.464 e. The van der Waals surface area contributed by atoms with Crippen molar-refractivity contribution >= 4 is 34.6 Å². The van der Waals surface area contributed by atoms with Crippen LogP contribution in [0.1, 0.15) is 18.1 Å². The van der Waals surface area contributed by atoms with Crippen molar-refractivity contribution in [1.82, 2.24) is 4.72 Å². The van der Waals surface area contributed by atoms with E-state index in [1.165, 1.54) is 19.1 Å². The van der Waals surface area contributed by atoms with E-state index in [-0.39, 0.29) is 16.7 Å². The average molecular weight is 489 g/mol. The Labute approximate surface area is 193 Å². The maximum atomic E-state index is 14.1. The van der Waals surface area contributed by atoms with E-state index >= 15 is 0 Å². The molecule has 0 aliphatic rings. The number of nitrogens with one attached hydrogen (secondary N) is 2. The lowest BCUT2D eigenvalue weighted by atomic mass is 10.2. The molecule has 174 valence electrons. The van der Waals surface area contributed by atoms with E-state index in [4.69, 9.17) is 9.05 Å². The summed E-state index contributed by atoms with van der Waals surface area (Å²) in [5, 5.41) is 2.50. The Hall–Kier alpha value is -3.29. The van der Waals surface area contributed by atoms with E-state index in [9.17, 15) is 17.8 Å². The SMILES string of the molecule is CCS(=O)(=O)NC(=O)Nc1ccccc1P(=O)(Oc1ccc(C)cc1)Oc1ccc(C)cc1. The van der Waals surface area contributed by atoms with E-state index in [0.29, 0.717) is 11.5 Å².